The van der Waals surface area contributed by atoms with E-state index in [9.17, 15) is 10.1 Å². The van der Waals surface area contributed by atoms with Crippen molar-refractivity contribution in [3.05, 3.63) is 39.9 Å². The van der Waals surface area contributed by atoms with Crippen LogP contribution in [-0.4, -0.2) is 11.0 Å². The van der Waals surface area contributed by atoms with Crippen molar-refractivity contribution in [2.75, 3.05) is 0 Å². The van der Waals surface area contributed by atoms with Gasteiger partial charge in [-0.25, -0.2) is 0 Å². The van der Waals surface area contributed by atoms with E-state index in [2.05, 4.69) is 0 Å². The Labute approximate surface area is 113 Å². The molecule has 0 radical (unpaired) electrons. The number of fused-ring (bicyclic) bond motifs is 2. The number of hydrogen-bond donors (Lipinski definition) is 1. The van der Waals surface area contributed by atoms with Crippen LogP contribution in [0.4, 0.5) is 5.69 Å². The van der Waals surface area contributed by atoms with Crippen LogP contribution < -0.4 is 5.73 Å². The lowest BCUT2D eigenvalue weighted by atomic mass is 9.58. The second-order valence-corrected chi connectivity index (χ2v) is 6.25. The molecule has 2 saturated carbocycles. The van der Waals surface area contributed by atoms with Crippen molar-refractivity contribution >= 4 is 5.69 Å². The van der Waals surface area contributed by atoms with Crippen LogP contribution in [0.3, 0.4) is 0 Å². The van der Waals surface area contributed by atoms with E-state index >= 15 is 0 Å². The molecule has 4 heteroatoms. The van der Waals surface area contributed by atoms with Crippen molar-refractivity contribution in [1.82, 2.24) is 0 Å². The van der Waals surface area contributed by atoms with Gasteiger partial charge < -0.3 is 5.73 Å². The summed E-state index contributed by atoms with van der Waals surface area (Å²) in [4.78, 5) is 10.4. The molecule has 2 N–H and O–H groups in total. The summed E-state index contributed by atoms with van der Waals surface area (Å²) in [7, 11) is 0. The lowest BCUT2D eigenvalue weighted by molar-refractivity contribution is -0.384. The lowest BCUT2D eigenvalue weighted by Gasteiger charge is -2.48. The van der Waals surface area contributed by atoms with Crippen molar-refractivity contribution in [3.63, 3.8) is 0 Å². The average molecular weight is 260 g/mol. The number of rotatable bonds is 2. The number of nitrogens with zero attached hydrogens (tertiary/aromatic N) is 1. The van der Waals surface area contributed by atoms with Crippen LogP contribution in [0.1, 0.15) is 44.1 Å². The first kappa shape index (κ1) is 12.6. The largest absolute Gasteiger partial charge is 0.328 e. The fraction of sp³-hybridized carbons (Fsp3) is 0.600. The number of nitrogens with two attached hydrogens (primary N) is 1. The molecule has 0 amide bonds. The van der Waals surface area contributed by atoms with Gasteiger partial charge in [0, 0.05) is 18.2 Å². The molecule has 0 aromatic heterocycles. The van der Waals surface area contributed by atoms with Crippen molar-refractivity contribution in [3.8, 4) is 0 Å². The fourth-order valence-corrected chi connectivity index (χ4v) is 4.20. The first-order valence-electron chi connectivity index (χ1n) is 7.10. The van der Waals surface area contributed by atoms with Gasteiger partial charge in [-0.2, -0.15) is 0 Å². The van der Waals surface area contributed by atoms with Crippen LogP contribution in [0.2, 0.25) is 0 Å². The maximum Gasteiger partial charge on any atom is 0.269 e. The highest BCUT2D eigenvalue weighted by atomic mass is 16.6. The summed E-state index contributed by atoms with van der Waals surface area (Å²) in [6, 6.07) is 7.44. The summed E-state index contributed by atoms with van der Waals surface area (Å²) in [5, 5.41) is 10.7. The van der Waals surface area contributed by atoms with Crippen LogP contribution in [-0.2, 0) is 5.41 Å². The van der Waals surface area contributed by atoms with Crippen molar-refractivity contribution in [1.29, 1.82) is 0 Å². The van der Waals surface area contributed by atoms with E-state index in [-0.39, 0.29) is 22.1 Å². The minimum Gasteiger partial charge on any atom is -0.328 e. The van der Waals surface area contributed by atoms with Gasteiger partial charge in [0.25, 0.3) is 5.69 Å². The third-order valence-electron chi connectivity index (χ3n) is 4.93. The van der Waals surface area contributed by atoms with E-state index in [0.29, 0.717) is 0 Å². The predicted molar refractivity (Wildman–Crippen MR) is 73.9 cm³/mol. The molecule has 3 atom stereocenters. The molecule has 4 nitrogen and oxygen atoms in total. The predicted octanol–water partition coefficient (Wildman–Crippen LogP) is 3.14. The molecule has 2 fully saturated rings. The molecular weight excluding hydrogens is 240 g/mol. The zero-order valence-electron chi connectivity index (χ0n) is 11.0. The molecule has 2 aliphatic rings. The van der Waals surface area contributed by atoms with Gasteiger partial charge >= 0.3 is 0 Å². The Hall–Kier alpha value is -1.42. The smallest absolute Gasteiger partial charge is 0.269 e. The van der Waals surface area contributed by atoms with Gasteiger partial charge in [-0.15, -0.1) is 0 Å². The number of non-ortho nitro benzene ring substituents is 1. The van der Waals surface area contributed by atoms with Crippen molar-refractivity contribution < 1.29 is 4.92 Å². The fourth-order valence-electron chi connectivity index (χ4n) is 4.20. The van der Waals surface area contributed by atoms with Crippen LogP contribution in [0.5, 0.6) is 0 Å². The zero-order chi connectivity index (χ0) is 13.5. The summed E-state index contributed by atoms with van der Waals surface area (Å²) in [5.74, 6) is 0.743. The maximum atomic E-state index is 10.7. The van der Waals surface area contributed by atoms with E-state index in [4.69, 9.17) is 5.73 Å². The van der Waals surface area contributed by atoms with Gasteiger partial charge in [0.15, 0.2) is 0 Å². The molecule has 0 aliphatic heterocycles. The Morgan fingerprint density at radius 2 is 2.00 bits per heavy atom. The van der Waals surface area contributed by atoms with Gasteiger partial charge in [-0.05, 0) is 42.6 Å². The highest BCUT2D eigenvalue weighted by Crippen LogP contribution is 2.50. The highest BCUT2D eigenvalue weighted by Gasteiger charge is 2.43. The second kappa shape index (κ2) is 4.60. The molecule has 1 aromatic rings. The third kappa shape index (κ3) is 2.25. The number of hydrogen-bond acceptors (Lipinski definition) is 3. The Kier molecular flexibility index (Phi) is 3.05. The van der Waals surface area contributed by atoms with Crippen molar-refractivity contribution in [2.45, 2.75) is 50.0 Å². The van der Waals surface area contributed by atoms with Gasteiger partial charge in [0.05, 0.1) is 4.92 Å². The molecular formula is C15H20N2O2. The Bertz CT molecular complexity index is 481. The number of nitro groups is 1. The first-order valence-corrected chi connectivity index (χ1v) is 7.10. The molecule has 0 saturated heterocycles. The summed E-state index contributed by atoms with van der Waals surface area (Å²) < 4.78 is 0. The molecule has 102 valence electrons. The molecule has 3 rings (SSSR count). The average Bonchev–Trinajstić information content (AvgIpc) is 2.38. The Morgan fingerprint density at radius 3 is 2.68 bits per heavy atom. The molecule has 2 aliphatic carbocycles. The maximum absolute atomic E-state index is 10.7. The molecule has 3 unspecified atom stereocenters. The van der Waals surface area contributed by atoms with Gasteiger partial charge in [-0.1, -0.05) is 25.0 Å². The van der Waals surface area contributed by atoms with Crippen LogP contribution in [0.25, 0.3) is 0 Å². The van der Waals surface area contributed by atoms with Crippen molar-refractivity contribution in [2.24, 2.45) is 11.7 Å². The first-order chi connectivity index (χ1) is 9.09. The van der Waals surface area contributed by atoms with Crippen LogP contribution in [0.15, 0.2) is 24.3 Å². The molecule has 1 aromatic carbocycles. The standard InChI is InChI=1S/C15H20N2O2/c16-13-8-11-2-1-7-15(9-11,10-13)12-3-5-14(6-4-12)17(18)19/h3-6,11,13H,1-2,7-10,16H2. The van der Waals surface area contributed by atoms with E-state index in [1.54, 1.807) is 12.1 Å². The molecule has 0 spiro atoms. The number of nitro benzene ring substituents is 1. The third-order valence-corrected chi connectivity index (χ3v) is 4.93. The van der Waals surface area contributed by atoms with Gasteiger partial charge in [-0.3, -0.25) is 10.1 Å². The van der Waals surface area contributed by atoms with Gasteiger partial charge in [0.1, 0.15) is 0 Å². The van der Waals surface area contributed by atoms with Crippen LogP contribution >= 0.6 is 0 Å². The summed E-state index contributed by atoms with van der Waals surface area (Å²) in [6.45, 7) is 0. The summed E-state index contributed by atoms with van der Waals surface area (Å²) in [6.07, 6.45) is 7.11. The van der Waals surface area contributed by atoms with E-state index in [1.807, 2.05) is 12.1 Å². The summed E-state index contributed by atoms with van der Waals surface area (Å²) in [5.41, 5.74) is 7.82. The topological polar surface area (TPSA) is 69.2 Å². The monoisotopic (exact) mass is 260 g/mol. The highest BCUT2D eigenvalue weighted by molar-refractivity contribution is 5.37. The SMILES string of the molecule is NC1CC2CCCC(c3ccc([N+](=O)[O-])cc3)(C1)C2. The summed E-state index contributed by atoms with van der Waals surface area (Å²) >= 11 is 0. The van der Waals surface area contributed by atoms with E-state index in [0.717, 1.165) is 18.8 Å². The minimum absolute atomic E-state index is 0.174. The van der Waals surface area contributed by atoms with Crippen LogP contribution in [0, 0.1) is 16.0 Å². The molecule has 0 heterocycles. The van der Waals surface area contributed by atoms with Gasteiger partial charge in [0.2, 0.25) is 0 Å². The molecule has 19 heavy (non-hydrogen) atoms. The zero-order valence-corrected chi connectivity index (χ0v) is 11.0. The van der Waals surface area contributed by atoms with E-state index < -0.39 is 0 Å². The lowest BCUT2D eigenvalue weighted by Crippen LogP contribution is -2.45. The second-order valence-electron chi connectivity index (χ2n) is 6.25. The Morgan fingerprint density at radius 1 is 1.26 bits per heavy atom. The van der Waals surface area contributed by atoms with E-state index in [1.165, 1.54) is 31.2 Å². The quantitative estimate of drug-likeness (QED) is 0.656. The minimum atomic E-state index is -0.336. The normalized spacial score (nSPS) is 33.9. The Balaban J connectivity index is 1.92. The number of benzene rings is 1. The molecule has 2 bridgehead atoms.